The minimum Gasteiger partial charge on any atom is -0.316 e. The minimum absolute atomic E-state index is 0.673. The summed E-state index contributed by atoms with van der Waals surface area (Å²) in [6.07, 6.45) is 2.78. The Morgan fingerprint density at radius 3 is 2.80 bits per heavy atom. The largest absolute Gasteiger partial charge is 0.316 e. The second-order valence-corrected chi connectivity index (χ2v) is 6.37. The van der Waals surface area contributed by atoms with Crippen molar-refractivity contribution in [3.05, 3.63) is 35.4 Å². The molecule has 20 heavy (non-hydrogen) atoms. The Labute approximate surface area is 123 Å². The van der Waals surface area contributed by atoms with Gasteiger partial charge in [-0.15, -0.1) is 0 Å². The topological polar surface area (TPSA) is 18.5 Å². The lowest BCUT2D eigenvalue weighted by atomic mass is 10.0. The number of hydrogen-bond acceptors (Lipinski definition) is 3. The van der Waals surface area contributed by atoms with Gasteiger partial charge in [0.25, 0.3) is 0 Å². The highest BCUT2D eigenvalue weighted by Crippen LogP contribution is 2.26. The molecule has 0 amide bonds. The third-order valence-corrected chi connectivity index (χ3v) is 4.93. The standard InChI is InChI=1S/C17H27N3/c1-14-11-19-9-5-8-17(19)13-20(14)12-16-7-4-3-6-15(16)10-18-2/h3-4,6-7,14,17-18H,5,8-13H2,1-2H3. The van der Waals surface area contributed by atoms with Gasteiger partial charge in [0, 0.05) is 38.3 Å². The van der Waals surface area contributed by atoms with Crippen molar-refractivity contribution in [2.24, 2.45) is 0 Å². The van der Waals surface area contributed by atoms with Crippen LogP contribution in [0.2, 0.25) is 0 Å². The van der Waals surface area contributed by atoms with E-state index in [9.17, 15) is 0 Å². The molecule has 0 saturated carbocycles. The predicted octanol–water partition coefficient (Wildman–Crippen LogP) is 2.07. The molecule has 3 rings (SSSR count). The highest BCUT2D eigenvalue weighted by atomic mass is 15.3. The van der Waals surface area contributed by atoms with Gasteiger partial charge in [0.2, 0.25) is 0 Å². The Bertz CT molecular complexity index is 446. The fourth-order valence-electron chi connectivity index (χ4n) is 3.76. The van der Waals surface area contributed by atoms with E-state index in [-0.39, 0.29) is 0 Å². The van der Waals surface area contributed by atoms with E-state index in [0.717, 1.165) is 19.1 Å². The molecule has 0 spiro atoms. The summed E-state index contributed by atoms with van der Waals surface area (Å²) in [7, 11) is 2.02. The molecule has 110 valence electrons. The zero-order valence-corrected chi connectivity index (χ0v) is 12.8. The van der Waals surface area contributed by atoms with Gasteiger partial charge in [-0.05, 0) is 44.5 Å². The molecule has 1 aromatic rings. The smallest absolute Gasteiger partial charge is 0.0240 e. The van der Waals surface area contributed by atoms with E-state index < -0.39 is 0 Å². The van der Waals surface area contributed by atoms with Crippen molar-refractivity contribution in [3.63, 3.8) is 0 Å². The van der Waals surface area contributed by atoms with E-state index in [1.807, 2.05) is 7.05 Å². The molecule has 2 heterocycles. The van der Waals surface area contributed by atoms with Crippen molar-refractivity contribution in [2.75, 3.05) is 26.7 Å². The first-order valence-corrected chi connectivity index (χ1v) is 7.97. The van der Waals surface area contributed by atoms with Crippen molar-refractivity contribution in [3.8, 4) is 0 Å². The van der Waals surface area contributed by atoms with Gasteiger partial charge in [0.15, 0.2) is 0 Å². The molecule has 1 aromatic carbocycles. The van der Waals surface area contributed by atoms with Crippen LogP contribution in [0.3, 0.4) is 0 Å². The third-order valence-electron chi connectivity index (χ3n) is 4.93. The van der Waals surface area contributed by atoms with E-state index in [1.54, 1.807) is 0 Å². The van der Waals surface area contributed by atoms with Gasteiger partial charge in [-0.25, -0.2) is 0 Å². The van der Waals surface area contributed by atoms with E-state index in [4.69, 9.17) is 0 Å². The molecular formula is C17H27N3. The summed E-state index contributed by atoms with van der Waals surface area (Å²) >= 11 is 0. The van der Waals surface area contributed by atoms with Crippen LogP contribution >= 0.6 is 0 Å². The first-order valence-electron chi connectivity index (χ1n) is 7.97. The number of piperazine rings is 1. The number of nitrogens with one attached hydrogen (secondary N) is 1. The lowest BCUT2D eigenvalue weighted by Crippen LogP contribution is -2.54. The number of nitrogens with zero attached hydrogens (tertiary/aromatic N) is 2. The highest BCUT2D eigenvalue weighted by molar-refractivity contribution is 5.27. The van der Waals surface area contributed by atoms with Crippen molar-refractivity contribution in [1.82, 2.24) is 15.1 Å². The number of hydrogen-bond donors (Lipinski definition) is 1. The summed E-state index contributed by atoms with van der Waals surface area (Å²) in [5.41, 5.74) is 2.93. The summed E-state index contributed by atoms with van der Waals surface area (Å²) in [4.78, 5) is 5.38. The molecule has 2 saturated heterocycles. The van der Waals surface area contributed by atoms with Crippen LogP contribution in [0.15, 0.2) is 24.3 Å². The van der Waals surface area contributed by atoms with E-state index in [2.05, 4.69) is 46.3 Å². The van der Waals surface area contributed by atoms with Crippen LogP contribution in [0, 0.1) is 0 Å². The maximum absolute atomic E-state index is 3.28. The molecule has 0 aromatic heterocycles. The highest BCUT2D eigenvalue weighted by Gasteiger charge is 2.34. The molecule has 1 N–H and O–H groups in total. The Morgan fingerprint density at radius 1 is 1.20 bits per heavy atom. The Hall–Kier alpha value is -0.900. The number of rotatable bonds is 4. The van der Waals surface area contributed by atoms with Crippen molar-refractivity contribution in [1.29, 1.82) is 0 Å². The zero-order valence-electron chi connectivity index (χ0n) is 12.8. The molecular weight excluding hydrogens is 246 g/mol. The lowest BCUT2D eigenvalue weighted by Gasteiger charge is -2.42. The van der Waals surface area contributed by atoms with E-state index in [1.165, 1.54) is 43.6 Å². The van der Waals surface area contributed by atoms with Gasteiger partial charge in [-0.2, -0.15) is 0 Å². The lowest BCUT2D eigenvalue weighted by molar-refractivity contribution is 0.0538. The molecule has 2 unspecified atom stereocenters. The van der Waals surface area contributed by atoms with Crippen LogP contribution in [0.4, 0.5) is 0 Å². The zero-order chi connectivity index (χ0) is 13.9. The second-order valence-electron chi connectivity index (χ2n) is 6.37. The number of benzene rings is 1. The van der Waals surface area contributed by atoms with Crippen LogP contribution in [-0.2, 0) is 13.1 Å². The van der Waals surface area contributed by atoms with Crippen LogP contribution < -0.4 is 5.32 Å². The maximum atomic E-state index is 3.28. The normalized spacial score (nSPS) is 27.7. The second kappa shape index (κ2) is 6.25. The van der Waals surface area contributed by atoms with Crippen LogP contribution in [0.1, 0.15) is 30.9 Å². The Morgan fingerprint density at radius 2 is 2.00 bits per heavy atom. The molecule has 0 radical (unpaired) electrons. The predicted molar refractivity (Wildman–Crippen MR) is 83.7 cm³/mol. The maximum Gasteiger partial charge on any atom is 0.0240 e. The quantitative estimate of drug-likeness (QED) is 0.906. The molecule has 2 atom stereocenters. The fourth-order valence-corrected chi connectivity index (χ4v) is 3.76. The van der Waals surface area contributed by atoms with E-state index >= 15 is 0 Å². The van der Waals surface area contributed by atoms with Crippen molar-refractivity contribution >= 4 is 0 Å². The van der Waals surface area contributed by atoms with E-state index in [0.29, 0.717) is 6.04 Å². The average molecular weight is 273 g/mol. The van der Waals surface area contributed by atoms with Crippen LogP contribution in [-0.4, -0.2) is 48.6 Å². The molecule has 0 bridgehead atoms. The summed E-state index contributed by atoms with van der Waals surface area (Å²) in [6.45, 7) is 8.26. The third kappa shape index (κ3) is 2.90. The first kappa shape index (κ1) is 14.1. The number of fused-ring (bicyclic) bond motifs is 1. The molecule has 2 aliphatic heterocycles. The molecule has 2 aliphatic rings. The van der Waals surface area contributed by atoms with Gasteiger partial charge < -0.3 is 5.32 Å². The van der Waals surface area contributed by atoms with Gasteiger partial charge in [0.05, 0.1) is 0 Å². The van der Waals surface area contributed by atoms with Gasteiger partial charge in [0.1, 0.15) is 0 Å². The molecule has 3 nitrogen and oxygen atoms in total. The van der Waals surface area contributed by atoms with Crippen molar-refractivity contribution in [2.45, 2.75) is 44.9 Å². The average Bonchev–Trinajstić information content (AvgIpc) is 2.88. The van der Waals surface area contributed by atoms with Gasteiger partial charge in [-0.1, -0.05) is 24.3 Å². The summed E-state index contributed by atoms with van der Waals surface area (Å²) < 4.78 is 0. The Kier molecular flexibility index (Phi) is 4.39. The monoisotopic (exact) mass is 273 g/mol. The van der Waals surface area contributed by atoms with Crippen LogP contribution in [0.5, 0.6) is 0 Å². The van der Waals surface area contributed by atoms with Crippen molar-refractivity contribution < 1.29 is 0 Å². The first-order chi connectivity index (χ1) is 9.78. The minimum atomic E-state index is 0.673. The molecule has 2 fully saturated rings. The Balaban J connectivity index is 1.70. The molecule has 3 heteroatoms. The fraction of sp³-hybridized carbons (Fsp3) is 0.647. The SMILES string of the molecule is CNCc1ccccc1CN1CC2CCCN2CC1C. The molecule has 0 aliphatic carbocycles. The summed E-state index contributed by atoms with van der Waals surface area (Å²) in [5, 5.41) is 3.28. The summed E-state index contributed by atoms with van der Waals surface area (Å²) in [6, 6.07) is 10.3. The van der Waals surface area contributed by atoms with Gasteiger partial charge >= 0.3 is 0 Å². The van der Waals surface area contributed by atoms with Crippen LogP contribution in [0.25, 0.3) is 0 Å². The van der Waals surface area contributed by atoms with Gasteiger partial charge in [-0.3, -0.25) is 9.80 Å². The summed E-state index contributed by atoms with van der Waals surface area (Å²) in [5.74, 6) is 0.